The van der Waals surface area contributed by atoms with Gasteiger partial charge in [-0.3, -0.25) is 9.59 Å². The largest absolute Gasteiger partial charge is 0.481 e. The predicted molar refractivity (Wildman–Crippen MR) is 76.1 cm³/mol. The molecule has 6 nitrogen and oxygen atoms in total. The van der Waals surface area contributed by atoms with Crippen molar-refractivity contribution >= 4 is 11.9 Å². The van der Waals surface area contributed by atoms with Gasteiger partial charge in [-0.05, 0) is 33.1 Å². The third-order valence-electron chi connectivity index (χ3n) is 4.44. The molecule has 0 aromatic carbocycles. The van der Waals surface area contributed by atoms with Crippen molar-refractivity contribution in [3.8, 4) is 0 Å². The Bertz CT molecular complexity index is 522. The Morgan fingerprint density at radius 3 is 2.38 bits per heavy atom. The van der Waals surface area contributed by atoms with Crippen LogP contribution < -0.4 is 0 Å². The molecule has 1 fully saturated rings. The summed E-state index contributed by atoms with van der Waals surface area (Å²) in [4.78, 5) is 25.8. The van der Waals surface area contributed by atoms with Crippen LogP contribution in [0.1, 0.15) is 54.4 Å². The Labute approximate surface area is 124 Å². The molecule has 1 aliphatic rings. The maximum absolute atomic E-state index is 12.5. The van der Waals surface area contributed by atoms with Crippen molar-refractivity contribution in [1.29, 1.82) is 0 Å². The van der Waals surface area contributed by atoms with Gasteiger partial charge >= 0.3 is 5.97 Å². The molecule has 1 aromatic heterocycles. The molecule has 6 heteroatoms. The normalized spacial score (nSPS) is 17.8. The molecule has 21 heavy (non-hydrogen) atoms. The highest BCUT2D eigenvalue weighted by molar-refractivity contribution is 5.96. The summed E-state index contributed by atoms with van der Waals surface area (Å²) < 4.78 is 5.03. The number of aromatic nitrogens is 1. The summed E-state index contributed by atoms with van der Waals surface area (Å²) in [5.41, 5.74) is 0.416. The fourth-order valence-electron chi connectivity index (χ4n) is 3.13. The molecule has 0 bridgehead atoms. The van der Waals surface area contributed by atoms with Gasteiger partial charge in [-0.15, -0.1) is 0 Å². The summed E-state index contributed by atoms with van der Waals surface area (Å²) in [6.07, 6.45) is 2.51. The van der Waals surface area contributed by atoms with E-state index in [4.69, 9.17) is 4.52 Å². The smallest absolute Gasteiger partial charge is 0.309 e. The van der Waals surface area contributed by atoms with Gasteiger partial charge in [0.05, 0.1) is 11.1 Å². The van der Waals surface area contributed by atoms with E-state index in [0.717, 1.165) is 6.42 Å². The SMILES string of the molecule is CCCC1(C(=O)O)CCN(C(=O)c2c(C)noc2C)CC1. The highest BCUT2D eigenvalue weighted by atomic mass is 16.5. The molecular formula is C15H22N2O4. The number of nitrogens with zero attached hydrogens (tertiary/aromatic N) is 2. The summed E-state index contributed by atoms with van der Waals surface area (Å²) in [6.45, 7) is 6.39. The number of hydrogen-bond acceptors (Lipinski definition) is 4. The van der Waals surface area contributed by atoms with Gasteiger partial charge in [-0.2, -0.15) is 0 Å². The zero-order chi connectivity index (χ0) is 15.6. The second-order valence-corrected chi connectivity index (χ2v) is 5.83. The molecule has 1 aromatic rings. The Balaban J connectivity index is 2.10. The van der Waals surface area contributed by atoms with Crippen molar-refractivity contribution in [2.75, 3.05) is 13.1 Å². The van der Waals surface area contributed by atoms with Crippen LogP contribution in [0.3, 0.4) is 0 Å². The predicted octanol–water partition coefficient (Wildman–Crippen LogP) is 2.40. The van der Waals surface area contributed by atoms with Crippen LogP contribution in [0.15, 0.2) is 4.52 Å². The molecule has 1 aliphatic heterocycles. The van der Waals surface area contributed by atoms with E-state index in [1.165, 1.54) is 0 Å². The van der Waals surface area contributed by atoms with Crippen LogP contribution in [0.25, 0.3) is 0 Å². The molecule has 2 rings (SSSR count). The van der Waals surface area contributed by atoms with E-state index in [1.54, 1.807) is 18.7 Å². The van der Waals surface area contributed by atoms with Gasteiger partial charge < -0.3 is 14.5 Å². The summed E-state index contributed by atoms with van der Waals surface area (Å²) in [5, 5.41) is 13.3. The number of rotatable bonds is 4. The molecule has 0 saturated carbocycles. The lowest BCUT2D eigenvalue weighted by molar-refractivity contribution is -0.152. The minimum absolute atomic E-state index is 0.110. The number of likely N-dealkylation sites (tertiary alicyclic amines) is 1. The molecule has 0 unspecified atom stereocenters. The quantitative estimate of drug-likeness (QED) is 0.921. The van der Waals surface area contributed by atoms with Gasteiger partial charge in [0.25, 0.3) is 5.91 Å². The number of carbonyl (C=O) groups is 2. The van der Waals surface area contributed by atoms with Gasteiger partial charge in [0, 0.05) is 13.1 Å². The van der Waals surface area contributed by atoms with E-state index < -0.39 is 11.4 Å². The molecular weight excluding hydrogens is 272 g/mol. The zero-order valence-electron chi connectivity index (χ0n) is 12.8. The van der Waals surface area contributed by atoms with Crippen LogP contribution >= 0.6 is 0 Å². The van der Waals surface area contributed by atoms with Gasteiger partial charge in [0.15, 0.2) is 0 Å². The molecule has 1 saturated heterocycles. The first kappa shape index (κ1) is 15.5. The lowest BCUT2D eigenvalue weighted by Crippen LogP contribution is -2.46. The summed E-state index contributed by atoms with van der Waals surface area (Å²) in [5.74, 6) is -0.336. The van der Waals surface area contributed by atoms with Gasteiger partial charge in [0.2, 0.25) is 0 Å². The lowest BCUT2D eigenvalue weighted by Gasteiger charge is -2.38. The van der Waals surface area contributed by atoms with E-state index in [9.17, 15) is 14.7 Å². The molecule has 0 spiro atoms. The van der Waals surface area contributed by atoms with E-state index >= 15 is 0 Å². The van der Waals surface area contributed by atoms with Crippen LogP contribution in [-0.4, -0.2) is 40.1 Å². The van der Waals surface area contributed by atoms with Crippen molar-refractivity contribution in [1.82, 2.24) is 10.1 Å². The van der Waals surface area contributed by atoms with Crippen LogP contribution in [0.2, 0.25) is 0 Å². The second-order valence-electron chi connectivity index (χ2n) is 5.83. The summed E-state index contributed by atoms with van der Waals surface area (Å²) >= 11 is 0. The topological polar surface area (TPSA) is 83.6 Å². The standard InChI is InChI=1S/C15H22N2O4/c1-4-5-15(14(19)20)6-8-17(9-7-15)13(18)12-10(2)16-21-11(12)3/h4-9H2,1-3H3,(H,19,20). The number of amides is 1. The van der Waals surface area contributed by atoms with Gasteiger partial charge in [-0.25, -0.2) is 0 Å². The summed E-state index contributed by atoms with van der Waals surface area (Å²) in [6, 6.07) is 0. The minimum atomic E-state index is -0.742. The van der Waals surface area contributed by atoms with E-state index in [0.29, 0.717) is 49.4 Å². The van der Waals surface area contributed by atoms with Crippen molar-refractivity contribution in [2.24, 2.45) is 5.41 Å². The second kappa shape index (κ2) is 5.87. The van der Waals surface area contributed by atoms with Gasteiger partial charge in [-0.1, -0.05) is 18.5 Å². The highest BCUT2D eigenvalue weighted by Gasteiger charge is 2.42. The Kier molecular flexibility index (Phi) is 4.34. The number of aliphatic carboxylic acids is 1. The minimum Gasteiger partial charge on any atom is -0.481 e. The maximum Gasteiger partial charge on any atom is 0.309 e. The van der Waals surface area contributed by atoms with Crippen molar-refractivity contribution in [3.63, 3.8) is 0 Å². The molecule has 1 N–H and O–H groups in total. The number of carbonyl (C=O) groups excluding carboxylic acids is 1. The van der Waals surface area contributed by atoms with Crippen molar-refractivity contribution in [2.45, 2.75) is 46.5 Å². The van der Waals surface area contributed by atoms with E-state index in [-0.39, 0.29) is 5.91 Å². The Morgan fingerprint density at radius 2 is 1.95 bits per heavy atom. The molecule has 0 aliphatic carbocycles. The Hall–Kier alpha value is -1.85. The lowest BCUT2D eigenvalue weighted by atomic mass is 9.75. The monoisotopic (exact) mass is 294 g/mol. The van der Waals surface area contributed by atoms with Crippen molar-refractivity contribution < 1.29 is 19.2 Å². The maximum atomic E-state index is 12.5. The van der Waals surface area contributed by atoms with Crippen LogP contribution in [0.5, 0.6) is 0 Å². The number of hydrogen-bond donors (Lipinski definition) is 1. The molecule has 0 atom stereocenters. The fraction of sp³-hybridized carbons (Fsp3) is 0.667. The van der Waals surface area contributed by atoms with E-state index in [1.807, 2.05) is 6.92 Å². The number of piperidine rings is 1. The first-order chi connectivity index (χ1) is 9.91. The molecule has 1 amide bonds. The van der Waals surface area contributed by atoms with Crippen LogP contribution in [0, 0.1) is 19.3 Å². The zero-order valence-corrected chi connectivity index (χ0v) is 12.8. The first-order valence-electron chi connectivity index (χ1n) is 7.37. The number of aryl methyl sites for hydroxylation is 2. The number of carboxylic acid groups (broad SMARTS) is 1. The average Bonchev–Trinajstić information content (AvgIpc) is 2.78. The third kappa shape index (κ3) is 2.80. The van der Waals surface area contributed by atoms with Crippen LogP contribution in [-0.2, 0) is 4.79 Å². The molecule has 0 radical (unpaired) electrons. The molecule has 2 heterocycles. The Morgan fingerprint density at radius 1 is 1.33 bits per heavy atom. The van der Waals surface area contributed by atoms with Crippen LogP contribution in [0.4, 0.5) is 0 Å². The fourth-order valence-corrected chi connectivity index (χ4v) is 3.13. The van der Waals surface area contributed by atoms with Crippen molar-refractivity contribution in [3.05, 3.63) is 17.0 Å². The first-order valence-corrected chi connectivity index (χ1v) is 7.37. The summed E-state index contributed by atoms with van der Waals surface area (Å²) in [7, 11) is 0. The van der Waals surface area contributed by atoms with E-state index in [2.05, 4.69) is 5.16 Å². The van der Waals surface area contributed by atoms with Gasteiger partial charge in [0.1, 0.15) is 11.3 Å². The highest BCUT2D eigenvalue weighted by Crippen LogP contribution is 2.37. The number of carboxylic acids is 1. The molecule has 116 valence electrons. The average molecular weight is 294 g/mol. The third-order valence-corrected chi connectivity index (χ3v) is 4.44.